The molecular formula is C14H21N3O. The molecule has 2 N–H and O–H groups in total. The van der Waals surface area contributed by atoms with Crippen LogP contribution in [0.2, 0.25) is 0 Å². The minimum atomic E-state index is 0.00808. The van der Waals surface area contributed by atoms with Crippen LogP contribution in [-0.2, 0) is 0 Å². The number of rotatable bonds is 4. The van der Waals surface area contributed by atoms with E-state index in [9.17, 15) is 4.79 Å². The molecule has 18 heavy (non-hydrogen) atoms. The van der Waals surface area contributed by atoms with Gasteiger partial charge in [0, 0.05) is 24.8 Å². The Morgan fingerprint density at radius 2 is 2.11 bits per heavy atom. The second-order valence-corrected chi connectivity index (χ2v) is 4.61. The molecule has 98 valence electrons. The van der Waals surface area contributed by atoms with E-state index in [2.05, 4.69) is 36.6 Å². The smallest absolute Gasteiger partial charge is 0.321 e. The minimum absolute atomic E-state index is 0.00808. The highest BCUT2D eigenvalue weighted by Gasteiger charge is 2.18. The molecule has 0 aliphatic carbocycles. The molecule has 0 aromatic heterocycles. The predicted molar refractivity (Wildman–Crippen MR) is 73.9 cm³/mol. The zero-order valence-corrected chi connectivity index (χ0v) is 11.1. The highest BCUT2D eigenvalue weighted by Crippen LogP contribution is 2.20. The third-order valence-corrected chi connectivity index (χ3v) is 3.29. The van der Waals surface area contributed by atoms with Gasteiger partial charge in [-0.25, -0.2) is 4.79 Å². The van der Waals surface area contributed by atoms with Crippen molar-refractivity contribution in [2.24, 2.45) is 0 Å². The lowest BCUT2D eigenvalue weighted by Gasteiger charge is -2.27. The van der Waals surface area contributed by atoms with Crippen LogP contribution < -0.4 is 15.5 Å². The van der Waals surface area contributed by atoms with Gasteiger partial charge in [-0.3, -0.25) is 4.90 Å². The fourth-order valence-electron chi connectivity index (χ4n) is 2.24. The van der Waals surface area contributed by atoms with Crippen LogP contribution in [0.25, 0.3) is 0 Å². The predicted octanol–water partition coefficient (Wildman–Crippen LogP) is 2.28. The molecule has 0 radical (unpaired) electrons. The average molecular weight is 247 g/mol. The lowest BCUT2D eigenvalue weighted by atomic mass is 10.1. The van der Waals surface area contributed by atoms with Gasteiger partial charge in [0.2, 0.25) is 0 Å². The monoisotopic (exact) mass is 247 g/mol. The maximum atomic E-state index is 11.7. The molecule has 0 bridgehead atoms. The summed E-state index contributed by atoms with van der Waals surface area (Å²) in [6.45, 7) is 6.78. The number of anilines is 1. The van der Waals surface area contributed by atoms with E-state index in [4.69, 9.17) is 0 Å². The quantitative estimate of drug-likeness (QED) is 0.857. The van der Waals surface area contributed by atoms with Gasteiger partial charge in [-0.1, -0.05) is 19.1 Å². The Kier molecular flexibility index (Phi) is 4.20. The third kappa shape index (κ3) is 2.82. The summed E-state index contributed by atoms with van der Waals surface area (Å²) in [6, 6.07) is 8.57. The van der Waals surface area contributed by atoms with Crippen molar-refractivity contribution >= 4 is 11.7 Å². The van der Waals surface area contributed by atoms with E-state index in [1.54, 1.807) is 4.90 Å². The Morgan fingerprint density at radius 3 is 2.72 bits per heavy atom. The third-order valence-electron chi connectivity index (χ3n) is 3.29. The highest BCUT2D eigenvalue weighted by molar-refractivity contribution is 5.92. The molecule has 1 atom stereocenters. The van der Waals surface area contributed by atoms with Gasteiger partial charge in [-0.2, -0.15) is 0 Å². The first-order valence-electron chi connectivity index (χ1n) is 6.61. The Bertz CT molecular complexity index is 402. The number of urea groups is 1. The van der Waals surface area contributed by atoms with Crippen LogP contribution in [-0.4, -0.2) is 25.7 Å². The molecule has 0 spiro atoms. The van der Waals surface area contributed by atoms with Crippen molar-refractivity contribution in [3.05, 3.63) is 29.8 Å². The average Bonchev–Trinajstić information content (AvgIpc) is 2.40. The van der Waals surface area contributed by atoms with E-state index in [0.29, 0.717) is 6.04 Å². The van der Waals surface area contributed by atoms with Crippen LogP contribution in [0.3, 0.4) is 0 Å². The topological polar surface area (TPSA) is 44.4 Å². The molecule has 1 heterocycles. The zero-order chi connectivity index (χ0) is 13.0. The molecule has 4 nitrogen and oxygen atoms in total. The molecule has 2 rings (SSSR count). The molecule has 1 aromatic carbocycles. The molecule has 1 saturated heterocycles. The van der Waals surface area contributed by atoms with Gasteiger partial charge in [0.15, 0.2) is 0 Å². The van der Waals surface area contributed by atoms with Crippen LogP contribution in [0.5, 0.6) is 0 Å². The first-order valence-corrected chi connectivity index (χ1v) is 6.61. The number of nitrogens with zero attached hydrogens (tertiary/aromatic N) is 1. The van der Waals surface area contributed by atoms with Crippen molar-refractivity contribution in [2.45, 2.75) is 26.3 Å². The molecular weight excluding hydrogens is 226 g/mol. The fourth-order valence-corrected chi connectivity index (χ4v) is 2.24. The van der Waals surface area contributed by atoms with Gasteiger partial charge < -0.3 is 10.6 Å². The van der Waals surface area contributed by atoms with Crippen LogP contribution >= 0.6 is 0 Å². The van der Waals surface area contributed by atoms with Crippen LogP contribution in [0.15, 0.2) is 24.3 Å². The first kappa shape index (κ1) is 12.9. The molecule has 1 fully saturated rings. The molecule has 1 aromatic rings. The summed E-state index contributed by atoms with van der Waals surface area (Å²) in [6.07, 6.45) is 1.00. The molecule has 1 aliphatic rings. The van der Waals surface area contributed by atoms with Crippen molar-refractivity contribution in [3.8, 4) is 0 Å². The normalized spacial score (nSPS) is 17.4. The van der Waals surface area contributed by atoms with Gasteiger partial charge in [-0.15, -0.1) is 0 Å². The van der Waals surface area contributed by atoms with Gasteiger partial charge in [-0.05, 0) is 37.6 Å². The summed E-state index contributed by atoms with van der Waals surface area (Å²) in [5.74, 6) is 0. The van der Waals surface area contributed by atoms with E-state index in [1.807, 2.05) is 12.1 Å². The zero-order valence-electron chi connectivity index (χ0n) is 11.1. The van der Waals surface area contributed by atoms with Crippen LogP contribution in [0.1, 0.15) is 31.9 Å². The summed E-state index contributed by atoms with van der Waals surface area (Å²) < 4.78 is 0. The fraction of sp³-hybridized carbons (Fsp3) is 0.500. The summed E-state index contributed by atoms with van der Waals surface area (Å²) in [7, 11) is 0. The standard InChI is InChI=1S/C14H21N3O/c1-3-15-11(2)12-5-7-13(8-6-12)17-10-4-9-16-14(17)18/h5-8,11,15H,3-4,9-10H2,1-2H3,(H,16,18). The van der Waals surface area contributed by atoms with Gasteiger partial charge in [0.25, 0.3) is 0 Å². The largest absolute Gasteiger partial charge is 0.338 e. The van der Waals surface area contributed by atoms with E-state index in [-0.39, 0.29) is 6.03 Å². The van der Waals surface area contributed by atoms with Crippen molar-refractivity contribution in [2.75, 3.05) is 24.5 Å². The molecule has 0 saturated carbocycles. The maximum Gasteiger partial charge on any atom is 0.321 e. The number of carbonyl (C=O) groups is 1. The molecule has 2 amide bonds. The Morgan fingerprint density at radius 1 is 1.39 bits per heavy atom. The summed E-state index contributed by atoms with van der Waals surface area (Å²) >= 11 is 0. The number of nitrogens with one attached hydrogen (secondary N) is 2. The van der Waals surface area contributed by atoms with Crippen molar-refractivity contribution in [1.82, 2.24) is 10.6 Å². The van der Waals surface area contributed by atoms with Crippen molar-refractivity contribution < 1.29 is 4.79 Å². The van der Waals surface area contributed by atoms with E-state index in [0.717, 1.165) is 31.7 Å². The minimum Gasteiger partial charge on any atom is -0.338 e. The number of benzene rings is 1. The Hall–Kier alpha value is -1.55. The van der Waals surface area contributed by atoms with Gasteiger partial charge in [0.1, 0.15) is 0 Å². The second kappa shape index (κ2) is 5.87. The maximum absolute atomic E-state index is 11.7. The number of hydrogen-bond donors (Lipinski definition) is 2. The second-order valence-electron chi connectivity index (χ2n) is 4.61. The number of amides is 2. The Labute approximate surface area is 108 Å². The van der Waals surface area contributed by atoms with Crippen molar-refractivity contribution in [3.63, 3.8) is 0 Å². The lowest BCUT2D eigenvalue weighted by Crippen LogP contribution is -2.46. The SMILES string of the molecule is CCNC(C)c1ccc(N2CCCNC2=O)cc1. The first-order chi connectivity index (χ1) is 8.72. The lowest BCUT2D eigenvalue weighted by molar-refractivity contribution is 0.243. The number of hydrogen-bond acceptors (Lipinski definition) is 2. The van der Waals surface area contributed by atoms with E-state index < -0.39 is 0 Å². The van der Waals surface area contributed by atoms with E-state index >= 15 is 0 Å². The molecule has 1 aliphatic heterocycles. The van der Waals surface area contributed by atoms with Crippen molar-refractivity contribution in [1.29, 1.82) is 0 Å². The highest BCUT2D eigenvalue weighted by atomic mass is 16.2. The van der Waals surface area contributed by atoms with Crippen LogP contribution in [0.4, 0.5) is 10.5 Å². The van der Waals surface area contributed by atoms with Gasteiger partial charge in [0.05, 0.1) is 0 Å². The summed E-state index contributed by atoms with van der Waals surface area (Å²) in [5.41, 5.74) is 2.22. The Balaban J connectivity index is 2.09. The molecule has 4 heteroatoms. The van der Waals surface area contributed by atoms with Crippen LogP contribution in [0, 0.1) is 0 Å². The molecule has 1 unspecified atom stereocenters. The summed E-state index contributed by atoms with van der Waals surface area (Å²) in [5, 5.41) is 6.24. The summed E-state index contributed by atoms with van der Waals surface area (Å²) in [4.78, 5) is 13.5. The van der Waals surface area contributed by atoms with Gasteiger partial charge >= 0.3 is 6.03 Å². The van der Waals surface area contributed by atoms with E-state index in [1.165, 1.54) is 5.56 Å². The number of carbonyl (C=O) groups excluding carboxylic acids is 1.